The van der Waals surface area contributed by atoms with Crippen LogP contribution < -0.4 is 19.5 Å². The number of fused-ring (bicyclic) bond motifs is 1. The molecule has 3 aromatic carbocycles. The van der Waals surface area contributed by atoms with Crippen LogP contribution in [0.1, 0.15) is 53.4 Å². The fraction of sp³-hybridized carbons (Fsp3) is 0.457. The molecule has 0 saturated carbocycles. The second-order valence-electron chi connectivity index (χ2n) is 10.5. The van der Waals surface area contributed by atoms with Gasteiger partial charge in [-0.2, -0.15) is 0 Å². The van der Waals surface area contributed by atoms with Crippen LogP contribution in [-0.2, 0) is 6.54 Å². The second-order valence-corrected chi connectivity index (χ2v) is 10.5. The van der Waals surface area contributed by atoms with Gasteiger partial charge in [-0.3, -0.25) is 0 Å². The van der Waals surface area contributed by atoms with Gasteiger partial charge < -0.3 is 29.0 Å². The molecule has 226 valence electrons. The lowest BCUT2D eigenvalue weighted by atomic mass is 10.2. The normalized spacial score (nSPS) is 11.4. The molecule has 0 amide bonds. The third-order valence-corrected chi connectivity index (χ3v) is 7.41. The van der Waals surface area contributed by atoms with Crippen molar-refractivity contribution < 1.29 is 14.2 Å². The lowest BCUT2D eigenvalue weighted by Crippen LogP contribution is -2.25. The number of para-hydroxylation sites is 1. The predicted molar refractivity (Wildman–Crippen MR) is 173 cm³/mol. The first-order valence-electron chi connectivity index (χ1n) is 15.7. The summed E-state index contributed by atoms with van der Waals surface area (Å²) in [6, 6.07) is 22.2. The molecule has 0 fully saturated rings. The standard InChI is InChI=1S/C35H48N4O3/c1-5-9-23-39-32-26-31(40-24-13-21-36-6-2)27-33(41-25-14-22-38(7-3)8-4)34(32)37-35(39)28-17-19-30(20-18-28)42-29-15-11-10-12-16-29/h10-12,15-20,26-27,36H,5-9,13-14,21-25H2,1-4H3. The summed E-state index contributed by atoms with van der Waals surface area (Å²) in [5.41, 5.74) is 2.97. The first-order chi connectivity index (χ1) is 20.7. The Morgan fingerprint density at radius 3 is 2.24 bits per heavy atom. The summed E-state index contributed by atoms with van der Waals surface area (Å²) in [6.45, 7) is 15.9. The zero-order chi connectivity index (χ0) is 29.6. The van der Waals surface area contributed by atoms with Crippen LogP contribution in [0.25, 0.3) is 22.4 Å². The smallest absolute Gasteiger partial charge is 0.150 e. The van der Waals surface area contributed by atoms with Gasteiger partial charge in [0.1, 0.15) is 28.6 Å². The van der Waals surface area contributed by atoms with Crippen LogP contribution in [0, 0.1) is 0 Å². The average Bonchev–Trinajstić information content (AvgIpc) is 3.39. The van der Waals surface area contributed by atoms with Gasteiger partial charge in [-0.25, -0.2) is 4.98 Å². The lowest BCUT2D eigenvalue weighted by molar-refractivity contribution is 0.249. The molecule has 0 radical (unpaired) electrons. The lowest BCUT2D eigenvalue weighted by Gasteiger charge is -2.18. The molecule has 7 heteroatoms. The van der Waals surface area contributed by atoms with Gasteiger partial charge in [0.25, 0.3) is 0 Å². The molecule has 0 spiro atoms. The molecule has 1 N–H and O–H groups in total. The van der Waals surface area contributed by atoms with Gasteiger partial charge in [-0.15, -0.1) is 0 Å². The van der Waals surface area contributed by atoms with Gasteiger partial charge in [0, 0.05) is 30.8 Å². The van der Waals surface area contributed by atoms with Gasteiger partial charge in [0.05, 0.1) is 18.7 Å². The highest BCUT2D eigenvalue weighted by Crippen LogP contribution is 2.36. The Balaban J connectivity index is 1.64. The van der Waals surface area contributed by atoms with E-state index in [2.05, 4.69) is 60.7 Å². The van der Waals surface area contributed by atoms with Crippen LogP contribution >= 0.6 is 0 Å². The van der Waals surface area contributed by atoms with E-state index >= 15 is 0 Å². The molecule has 4 aromatic rings. The van der Waals surface area contributed by atoms with Crippen LogP contribution in [0.5, 0.6) is 23.0 Å². The predicted octanol–water partition coefficient (Wildman–Crippen LogP) is 7.78. The van der Waals surface area contributed by atoms with E-state index in [1.165, 1.54) is 0 Å². The van der Waals surface area contributed by atoms with E-state index in [0.29, 0.717) is 13.2 Å². The quantitative estimate of drug-likeness (QED) is 0.116. The topological polar surface area (TPSA) is 60.8 Å². The maximum atomic E-state index is 6.42. The SMILES string of the molecule is CCCCn1c(-c2ccc(Oc3ccccc3)cc2)nc2c(OCCCN(CC)CC)cc(OCCCNCC)cc21. The molecule has 4 rings (SSSR count). The first-order valence-corrected chi connectivity index (χ1v) is 15.7. The Morgan fingerprint density at radius 2 is 1.52 bits per heavy atom. The summed E-state index contributed by atoms with van der Waals surface area (Å²) >= 11 is 0. The number of aryl methyl sites for hydroxylation is 1. The third kappa shape index (κ3) is 8.73. The number of hydrogen-bond acceptors (Lipinski definition) is 6. The number of benzene rings is 3. The van der Waals surface area contributed by atoms with Crippen molar-refractivity contribution in [1.82, 2.24) is 19.8 Å². The van der Waals surface area contributed by atoms with E-state index in [9.17, 15) is 0 Å². The Bertz CT molecular complexity index is 1330. The number of aromatic nitrogens is 2. The molecular weight excluding hydrogens is 524 g/mol. The third-order valence-electron chi connectivity index (χ3n) is 7.41. The van der Waals surface area contributed by atoms with Crippen LogP contribution in [0.3, 0.4) is 0 Å². The highest BCUT2D eigenvalue weighted by molar-refractivity contribution is 5.87. The minimum absolute atomic E-state index is 0.637. The molecule has 0 unspecified atom stereocenters. The van der Waals surface area contributed by atoms with Gasteiger partial charge >= 0.3 is 0 Å². The van der Waals surface area contributed by atoms with Gasteiger partial charge in [-0.05, 0) is 81.8 Å². The van der Waals surface area contributed by atoms with Gasteiger partial charge in [0.2, 0.25) is 0 Å². The summed E-state index contributed by atoms with van der Waals surface area (Å²) < 4.78 is 21.0. The molecule has 0 atom stereocenters. The molecule has 42 heavy (non-hydrogen) atoms. The molecular formula is C35H48N4O3. The summed E-state index contributed by atoms with van der Waals surface area (Å²) in [6.07, 6.45) is 4.06. The van der Waals surface area contributed by atoms with Crippen molar-refractivity contribution in [2.75, 3.05) is 45.9 Å². The number of nitrogens with zero attached hydrogens (tertiary/aromatic N) is 3. The Kier molecular flexibility index (Phi) is 12.5. The summed E-state index contributed by atoms with van der Waals surface area (Å²) in [4.78, 5) is 7.60. The Morgan fingerprint density at radius 1 is 0.786 bits per heavy atom. The van der Waals surface area contributed by atoms with Crippen molar-refractivity contribution in [3.63, 3.8) is 0 Å². The number of rotatable bonds is 19. The molecule has 1 aromatic heterocycles. The molecule has 1 heterocycles. The van der Waals surface area contributed by atoms with E-state index < -0.39 is 0 Å². The molecule has 0 saturated heterocycles. The van der Waals surface area contributed by atoms with E-state index in [1.54, 1.807) is 0 Å². The van der Waals surface area contributed by atoms with Gasteiger partial charge in [-0.1, -0.05) is 52.3 Å². The van der Waals surface area contributed by atoms with E-state index in [-0.39, 0.29) is 0 Å². The Hall–Kier alpha value is -3.55. The summed E-state index contributed by atoms with van der Waals surface area (Å²) in [5, 5.41) is 3.37. The zero-order valence-electron chi connectivity index (χ0n) is 25.9. The van der Waals surface area contributed by atoms with E-state index in [1.807, 2.05) is 48.5 Å². The fourth-order valence-corrected chi connectivity index (χ4v) is 4.99. The average molecular weight is 573 g/mol. The Labute approximate surface area is 251 Å². The summed E-state index contributed by atoms with van der Waals surface area (Å²) in [5.74, 6) is 4.16. The number of nitrogens with one attached hydrogen (secondary N) is 1. The van der Waals surface area contributed by atoms with Crippen LogP contribution in [0.4, 0.5) is 0 Å². The van der Waals surface area contributed by atoms with Crippen molar-refractivity contribution in [2.45, 2.75) is 59.9 Å². The van der Waals surface area contributed by atoms with E-state index in [0.717, 1.165) is 110 Å². The summed E-state index contributed by atoms with van der Waals surface area (Å²) in [7, 11) is 0. The van der Waals surface area contributed by atoms with E-state index in [4.69, 9.17) is 19.2 Å². The van der Waals surface area contributed by atoms with Crippen molar-refractivity contribution >= 4 is 11.0 Å². The molecule has 0 aliphatic carbocycles. The molecule has 0 aliphatic heterocycles. The van der Waals surface area contributed by atoms with Crippen molar-refractivity contribution in [3.05, 3.63) is 66.7 Å². The second kappa shape index (κ2) is 16.8. The van der Waals surface area contributed by atoms with Crippen LogP contribution in [0.15, 0.2) is 66.7 Å². The van der Waals surface area contributed by atoms with Crippen molar-refractivity contribution in [3.8, 4) is 34.4 Å². The van der Waals surface area contributed by atoms with Crippen molar-refractivity contribution in [2.24, 2.45) is 0 Å². The fourth-order valence-electron chi connectivity index (χ4n) is 4.99. The minimum atomic E-state index is 0.637. The number of unbranched alkanes of at least 4 members (excludes halogenated alkanes) is 1. The maximum absolute atomic E-state index is 6.42. The van der Waals surface area contributed by atoms with Crippen molar-refractivity contribution in [1.29, 1.82) is 0 Å². The zero-order valence-corrected chi connectivity index (χ0v) is 25.9. The van der Waals surface area contributed by atoms with Crippen LogP contribution in [-0.4, -0.2) is 60.4 Å². The largest absolute Gasteiger partial charge is 0.493 e. The molecule has 0 aliphatic rings. The van der Waals surface area contributed by atoms with Crippen LogP contribution in [0.2, 0.25) is 0 Å². The maximum Gasteiger partial charge on any atom is 0.150 e. The monoisotopic (exact) mass is 572 g/mol. The van der Waals surface area contributed by atoms with Gasteiger partial charge in [0.15, 0.2) is 5.75 Å². The highest BCUT2D eigenvalue weighted by Gasteiger charge is 2.18. The number of imidazole rings is 1. The molecule has 0 bridgehead atoms. The highest BCUT2D eigenvalue weighted by atomic mass is 16.5. The molecule has 7 nitrogen and oxygen atoms in total. The number of ether oxygens (including phenoxy) is 3. The number of hydrogen-bond donors (Lipinski definition) is 1. The first kappa shape index (κ1) is 31.4. The minimum Gasteiger partial charge on any atom is -0.493 e.